The number of amides is 2. The van der Waals surface area contributed by atoms with Crippen molar-refractivity contribution in [1.82, 2.24) is 10.6 Å². The summed E-state index contributed by atoms with van der Waals surface area (Å²) in [5, 5.41) is 15.9. The Balaban J connectivity index is 1.57. The number of methoxy groups -OCH3 is 1. The molecule has 3 N–H and O–H groups in total. The number of anilines is 1. The molecule has 0 saturated heterocycles. The van der Waals surface area contributed by atoms with E-state index < -0.39 is 18.0 Å². The van der Waals surface area contributed by atoms with Crippen molar-refractivity contribution in [1.29, 1.82) is 0 Å². The minimum Gasteiger partial charge on any atom is -0.480 e. The number of carbonyl (C=O) groups is 3. The van der Waals surface area contributed by atoms with Crippen molar-refractivity contribution in [2.24, 2.45) is 0 Å². The van der Waals surface area contributed by atoms with Gasteiger partial charge < -0.3 is 20.5 Å². The molecular formula is C33H41N3O5. The molecule has 41 heavy (non-hydrogen) atoms. The van der Waals surface area contributed by atoms with E-state index in [2.05, 4.69) is 17.6 Å². The zero-order valence-electron chi connectivity index (χ0n) is 24.2. The molecule has 218 valence electrons. The summed E-state index contributed by atoms with van der Waals surface area (Å²) in [5.41, 5.74) is 4.94. The molecule has 0 bridgehead atoms. The van der Waals surface area contributed by atoms with E-state index in [4.69, 9.17) is 4.74 Å². The molecule has 3 aromatic carbocycles. The van der Waals surface area contributed by atoms with Crippen LogP contribution in [0.3, 0.4) is 0 Å². The van der Waals surface area contributed by atoms with E-state index in [1.54, 1.807) is 36.2 Å². The van der Waals surface area contributed by atoms with Gasteiger partial charge in [-0.3, -0.25) is 9.69 Å². The lowest BCUT2D eigenvalue weighted by atomic mass is 10.00. The maximum Gasteiger partial charge on any atom is 0.337 e. The molecule has 0 aliphatic carbocycles. The highest BCUT2D eigenvalue weighted by molar-refractivity contribution is 5.92. The number of hydrogen-bond acceptors (Lipinski definition) is 5. The van der Waals surface area contributed by atoms with Gasteiger partial charge in [-0.15, -0.1) is 0 Å². The Morgan fingerprint density at radius 1 is 0.878 bits per heavy atom. The second-order valence-corrected chi connectivity index (χ2v) is 10.1. The van der Waals surface area contributed by atoms with Gasteiger partial charge in [0.05, 0.1) is 12.7 Å². The maximum atomic E-state index is 12.6. The average molecular weight is 560 g/mol. The Kier molecular flexibility index (Phi) is 12.4. The Hall–Kier alpha value is -4.17. The number of carbonyl (C=O) groups excluding carboxylic acids is 2. The molecule has 0 heterocycles. The minimum absolute atomic E-state index is 0.125. The van der Waals surface area contributed by atoms with E-state index in [-0.39, 0.29) is 6.03 Å². The predicted octanol–water partition coefficient (Wildman–Crippen LogP) is 6.04. The summed E-state index contributed by atoms with van der Waals surface area (Å²) in [5.74, 6) is -1.35. The third-order valence-corrected chi connectivity index (χ3v) is 7.05. The lowest BCUT2D eigenvalue weighted by molar-refractivity contribution is -0.139. The number of ether oxygens (including phenoxy) is 1. The summed E-state index contributed by atoms with van der Waals surface area (Å²) in [7, 11) is 3.09. The van der Waals surface area contributed by atoms with Crippen molar-refractivity contribution in [3.05, 3.63) is 89.5 Å². The summed E-state index contributed by atoms with van der Waals surface area (Å²) in [6.07, 6.45) is 6.05. The first-order valence-electron chi connectivity index (χ1n) is 14.2. The first-order valence-corrected chi connectivity index (χ1v) is 14.2. The van der Waals surface area contributed by atoms with E-state index in [0.717, 1.165) is 40.8 Å². The van der Waals surface area contributed by atoms with Gasteiger partial charge in [0.25, 0.3) is 0 Å². The Labute approximate surface area is 242 Å². The van der Waals surface area contributed by atoms with Crippen LogP contribution in [-0.4, -0.2) is 49.8 Å². The molecule has 3 aromatic rings. The fraction of sp³-hybridized carbons (Fsp3) is 0.364. The normalized spacial score (nSPS) is 11.5. The Morgan fingerprint density at radius 3 is 2.22 bits per heavy atom. The maximum absolute atomic E-state index is 12.6. The van der Waals surface area contributed by atoms with E-state index in [1.165, 1.54) is 26.4 Å². The molecule has 0 fully saturated rings. The standard InChI is InChI=1S/C33H41N3O5/c1-4-5-6-7-8-20-34-33(40)36(2)29-11-9-10-28(22-29)26-16-12-24(13-17-26)21-30(31(37)38)35-23-25-14-18-27(19-15-25)32(39)41-3/h9-19,22,30,35H,4-8,20-21,23H2,1-3H3,(H,34,40)(H,37,38). The Bertz CT molecular complexity index is 1270. The SMILES string of the molecule is CCCCCCCNC(=O)N(C)c1cccc(-c2ccc(CC(NCc3ccc(C(=O)OC)cc3)C(=O)O)cc2)c1. The van der Waals surface area contributed by atoms with Gasteiger partial charge in [0, 0.05) is 25.8 Å². The molecule has 0 aliphatic heterocycles. The minimum atomic E-state index is -0.935. The second kappa shape index (κ2) is 16.2. The summed E-state index contributed by atoms with van der Waals surface area (Å²) in [6, 6.07) is 21.6. The molecular weight excluding hydrogens is 518 g/mol. The number of nitrogens with one attached hydrogen (secondary N) is 2. The number of urea groups is 1. The zero-order chi connectivity index (χ0) is 29.6. The smallest absolute Gasteiger partial charge is 0.337 e. The predicted molar refractivity (Wildman–Crippen MR) is 162 cm³/mol. The van der Waals surface area contributed by atoms with Crippen LogP contribution in [0, 0.1) is 0 Å². The fourth-order valence-corrected chi connectivity index (χ4v) is 4.49. The van der Waals surface area contributed by atoms with Crippen LogP contribution in [0.5, 0.6) is 0 Å². The van der Waals surface area contributed by atoms with Gasteiger partial charge in [0.15, 0.2) is 0 Å². The molecule has 2 amide bonds. The van der Waals surface area contributed by atoms with Crippen molar-refractivity contribution in [2.45, 2.75) is 58.0 Å². The molecule has 0 aliphatic rings. The van der Waals surface area contributed by atoms with Gasteiger partial charge in [-0.1, -0.05) is 81.1 Å². The van der Waals surface area contributed by atoms with Crippen molar-refractivity contribution >= 4 is 23.7 Å². The third kappa shape index (κ3) is 9.76. The van der Waals surface area contributed by atoms with E-state index >= 15 is 0 Å². The third-order valence-electron chi connectivity index (χ3n) is 7.05. The molecule has 8 heteroatoms. The highest BCUT2D eigenvalue weighted by Crippen LogP contribution is 2.25. The number of aliphatic carboxylic acids is 1. The zero-order valence-corrected chi connectivity index (χ0v) is 24.2. The summed E-state index contributed by atoms with van der Waals surface area (Å²) in [4.78, 5) is 37.8. The molecule has 8 nitrogen and oxygen atoms in total. The van der Waals surface area contributed by atoms with Crippen molar-refractivity contribution in [3.8, 4) is 11.1 Å². The Morgan fingerprint density at radius 2 is 1.56 bits per heavy atom. The fourth-order valence-electron chi connectivity index (χ4n) is 4.49. The van der Waals surface area contributed by atoms with Crippen LogP contribution in [-0.2, 0) is 22.5 Å². The molecule has 1 atom stereocenters. The van der Waals surface area contributed by atoms with E-state index in [1.807, 2.05) is 48.5 Å². The van der Waals surface area contributed by atoms with E-state index in [0.29, 0.717) is 25.1 Å². The second-order valence-electron chi connectivity index (χ2n) is 10.1. The van der Waals surface area contributed by atoms with Gasteiger partial charge >= 0.3 is 18.0 Å². The van der Waals surface area contributed by atoms with Crippen LogP contribution < -0.4 is 15.5 Å². The monoisotopic (exact) mass is 559 g/mol. The van der Waals surface area contributed by atoms with Gasteiger partial charge in [-0.05, 0) is 59.4 Å². The van der Waals surface area contributed by atoms with Crippen molar-refractivity contribution in [3.63, 3.8) is 0 Å². The number of benzene rings is 3. The van der Waals surface area contributed by atoms with Crippen LogP contribution in [0.2, 0.25) is 0 Å². The molecule has 3 rings (SSSR count). The topological polar surface area (TPSA) is 108 Å². The summed E-state index contributed by atoms with van der Waals surface area (Å²) < 4.78 is 4.71. The van der Waals surface area contributed by atoms with Crippen LogP contribution in [0.15, 0.2) is 72.8 Å². The quantitative estimate of drug-likeness (QED) is 0.155. The number of hydrogen-bond donors (Lipinski definition) is 3. The van der Waals surface area contributed by atoms with Gasteiger partial charge in [-0.25, -0.2) is 9.59 Å². The average Bonchev–Trinajstić information content (AvgIpc) is 3.00. The number of esters is 1. The van der Waals surface area contributed by atoms with Gasteiger partial charge in [-0.2, -0.15) is 0 Å². The van der Waals surface area contributed by atoms with Gasteiger partial charge in [0.2, 0.25) is 0 Å². The lowest BCUT2D eigenvalue weighted by Crippen LogP contribution is -2.38. The molecule has 0 spiro atoms. The van der Waals surface area contributed by atoms with Crippen molar-refractivity contribution < 1.29 is 24.2 Å². The number of unbranched alkanes of at least 4 members (excludes halogenated alkanes) is 4. The van der Waals surface area contributed by atoms with Crippen LogP contribution in [0.1, 0.15) is 60.5 Å². The summed E-state index contributed by atoms with van der Waals surface area (Å²) in [6.45, 7) is 3.21. The molecule has 0 radical (unpaired) electrons. The number of carboxylic acids is 1. The largest absolute Gasteiger partial charge is 0.480 e. The first kappa shape index (κ1) is 31.4. The molecule has 1 unspecified atom stereocenters. The first-order chi connectivity index (χ1) is 19.8. The van der Waals surface area contributed by atoms with Crippen LogP contribution in [0.4, 0.5) is 10.5 Å². The van der Waals surface area contributed by atoms with Gasteiger partial charge in [0.1, 0.15) is 6.04 Å². The number of rotatable bonds is 15. The number of nitrogens with zero attached hydrogens (tertiary/aromatic N) is 1. The number of carboxylic acid groups (broad SMARTS) is 1. The summed E-state index contributed by atoms with van der Waals surface area (Å²) >= 11 is 0. The molecule has 0 aromatic heterocycles. The highest BCUT2D eigenvalue weighted by atomic mass is 16.5. The van der Waals surface area contributed by atoms with Crippen LogP contribution in [0.25, 0.3) is 11.1 Å². The van der Waals surface area contributed by atoms with Crippen LogP contribution >= 0.6 is 0 Å². The highest BCUT2D eigenvalue weighted by Gasteiger charge is 2.18. The lowest BCUT2D eigenvalue weighted by Gasteiger charge is -2.19. The van der Waals surface area contributed by atoms with Crippen molar-refractivity contribution in [2.75, 3.05) is 25.6 Å². The molecule has 0 saturated carbocycles. The van der Waals surface area contributed by atoms with E-state index in [9.17, 15) is 19.5 Å².